The van der Waals surface area contributed by atoms with Crippen LogP contribution in [0.25, 0.3) is 0 Å². The van der Waals surface area contributed by atoms with Gasteiger partial charge in [0.1, 0.15) is 5.75 Å². The van der Waals surface area contributed by atoms with E-state index in [9.17, 15) is 18.0 Å². The number of benzene rings is 4. The summed E-state index contributed by atoms with van der Waals surface area (Å²) in [7, 11) is 0.133. The van der Waals surface area contributed by atoms with Crippen LogP contribution >= 0.6 is 11.6 Å². The first kappa shape index (κ1) is 32.2. The Hall–Kier alpha value is -4.74. The van der Waals surface area contributed by atoms with Gasteiger partial charge in [-0.15, -0.1) is 0 Å². The largest absolute Gasteiger partial charge is 0.493 e. The highest BCUT2D eigenvalue weighted by Gasteiger charge is 2.26. The van der Waals surface area contributed by atoms with Crippen molar-refractivity contribution in [1.82, 2.24) is 0 Å². The number of halogens is 1. The maximum absolute atomic E-state index is 13.7. The van der Waals surface area contributed by atoms with E-state index in [4.69, 9.17) is 30.5 Å². The van der Waals surface area contributed by atoms with Gasteiger partial charge in [-0.25, -0.2) is 13.2 Å². The van der Waals surface area contributed by atoms with Gasteiger partial charge < -0.3 is 24.3 Å². The molecule has 0 saturated heterocycles. The summed E-state index contributed by atoms with van der Waals surface area (Å²) >= 11 is 6.03. The summed E-state index contributed by atoms with van der Waals surface area (Å²) in [5, 5.41) is 3.17. The second-order valence-corrected chi connectivity index (χ2v) is 11.8. The van der Waals surface area contributed by atoms with Gasteiger partial charge in [-0.05, 0) is 61.0 Å². The molecule has 4 aromatic rings. The minimum Gasteiger partial charge on any atom is -0.493 e. The molecule has 0 spiro atoms. The lowest BCUT2D eigenvalue weighted by Crippen LogP contribution is -2.30. The summed E-state index contributed by atoms with van der Waals surface area (Å²) in [6.07, 6.45) is 0. The third-order valence-corrected chi connectivity index (χ3v) is 8.59. The Morgan fingerprint density at radius 3 is 2.05 bits per heavy atom. The fourth-order valence-electron chi connectivity index (χ4n) is 4.21. The molecule has 0 unspecified atom stereocenters. The molecular formula is C32H31ClN2O8S. The van der Waals surface area contributed by atoms with Crippen LogP contribution in [0.1, 0.15) is 21.5 Å². The highest BCUT2D eigenvalue weighted by molar-refractivity contribution is 7.92. The van der Waals surface area contributed by atoms with Crippen molar-refractivity contribution in [2.75, 3.05) is 37.6 Å². The number of amides is 1. The molecule has 0 atom stereocenters. The number of carbonyl (C=O) groups is 2. The molecule has 12 heteroatoms. The van der Waals surface area contributed by atoms with Gasteiger partial charge in [0.05, 0.1) is 49.7 Å². The Labute approximate surface area is 261 Å². The first-order valence-electron chi connectivity index (χ1n) is 13.3. The fraction of sp³-hybridized carbons (Fsp3) is 0.188. The van der Waals surface area contributed by atoms with Crippen molar-refractivity contribution in [3.63, 3.8) is 0 Å². The molecule has 0 aliphatic rings. The van der Waals surface area contributed by atoms with E-state index in [0.29, 0.717) is 22.2 Å². The molecule has 1 amide bonds. The molecule has 0 fully saturated rings. The molecule has 0 aliphatic heterocycles. The van der Waals surface area contributed by atoms with Gasteiger partial charge in [0, 0.05) is 17.2 Å². The van der Waals surface area contributed by atoms with Crippen LogP contribution in [0.4, 0.5) is 11.4 Å². The molecule has 44 heavy (non-hydrogen) atoms. The summed E-state index contributed by atoms with van der Waals surface area (Å²) < 4.78 is 49.8. The van der Waals surface area contributed by atoms with Crippen molar-refractivity contribution in [3.05, 3.63) is 107 Å². The Morgan fingerprint density at radius 2 is 1.45 bits per heavy atom. The number of nitrogens with one attached hydrogen (secondary N) is 1. The lowest BCUT2D eigenvalue weighted by atomic mass is 10.1. The molecule has 10 nitrogen and oxygen atoms in total. The van der Waals surface area contributed by atoms with E-state index in [1.54, 1.807) is 72.8 Å². The quantitative estimate of drug-likeness (QED) is 0.192. The summed E-state index contributed by atoms with van der Waals surface area (Å²) in [4.78, 5) is 25.2. The minimum atomic E-state index is -3.94. The van der Waals surface area contributed by atoms with Crippen LogP contribution in [0.3, 0.4) is 0 Å². The van der Waals surface area contributed by atoms with E-state index in [1.807, 2.05) is 6.92 Å². The van der Waals surface area contributed by atoms with Crippen LogP contribution in [0.2, 0.25) is 5.02 Å². The number of sulfonamides is 1. The summed E-state index contributed by atoms with van der Waals surface area (Å²) in [5.74, 6) is -0.324. The number of hydrogen-bond acceptors (Lipinski definition) is 8. The molecule has 0 saturated carbocycles. The van der Waals surface area contributed by atoms with Gasteiger partial charge in [0.25, 0.3) is 15.9 Å². The zero-order valence-electron chi connectivity index (χ0n) is 24.5. The second-order valence-electron chi connectivity index (χ2n) is 9.53. The molecule has 1 N–H and O–H groups in total. The predicted octanol–water partition coefficient (Wildman–Crippen LogP) is 5.87. The summed E-state index contributed by atoms with van der Waals surface area (Å²) in [6, 6.07) is 22.7. The second kappa shape index (κ2) is 14.2. The fourth-order valence-corrected chi connectivity index (χ4v) is 5.79. The van der Waals surface area contributed by atoms with E-state index in [1.165, 1.54) is 37.8 Å². The highest BCUT2D eigenvalue weighted by Crippen LogP contribution is 2.34. The molecule has 230 valence electrons. The molecule has 0 bridgehead atoms. The van der Waals surface area contributed by atoms with Gasteiger partial charge in [-0.3, -0.25) is 9.10 Å². The van der Waals surface area contributed by atoms with E-state index >= 15 is 0 Å². The van der Waals surface area contributed by atoms with Crippen molar-refractivity contribution >= 4 is 44.9 Å². The van der Waals surface area contributed by atoms with Gasteiger partial charge in [0.2, 0.25) is 0 Å². The average Bonchev–Trinajstić information content (AvgIpc) is 3.03. The third-order valence-electron chi connectivity index (χ3n) is 6.55. The molecule has 4 rings (SSSR count). The Bertz CT molecular complexity index is 1730. The standard InChI is InChI=1S/C32H31ClN2O8S/c1-21-5-15-26(16-6-21)44(38,39)35(19-22-7-9-23(33)10-8-22)24-11-13-25(14-12-24)43-20-31(36)34-28-18-30(41-3)29(40-2)17-27(28)32(37)42-4/h5-18H,19-20H2,1-4H3,(H,34,36). The van der Waals surface area contributed by atoms with Gasteiger partial charge in [-0.2, -0.15) is 0 Å². The number of esters is 1. The van der Waals surface area contributed by atoms with Crippen LogP contribution in [-0.4, -0.2) is 48.2 Å². The first-order chi connectivity index (χ1) is 21.0. The van der Waals surface area contributed by atoms with E-state index < -0.39 is 28.5 Å². The van der Waals surface area contributed by atoms with E-state index in [2.05, 4.69) is 5.32 Å². The number of anilines is 2. The zero-order chi connectivity index (χ0) is 31.9. The number of nitrogens with zero attached hydrogens (tertiary/aromatic N) is 1. The van der Waals surface area contributed by atoms with E-state index in [-0.39, 0.29) is 28.4 Å². The topological polar surface area (TPSA) is 120 Å². The number of ether oxygens (including phenoxy) is 4. The van der Waals surface area contributed by atoms with Crippen LogP contribution < -0.4 is 23.8 Å². The van der Waals surface area contributed by atoms with Crippen LogP contribution in [-0.2, 0) is 26.1 Å². The highest BCUT2D eigenvalue weighted by atomic mass is 35.5. The van der Waals surface area contributed by atoms with Crippen molar-refractivity contribution in [2.24, 2.45) is 0 Å². The Morgan fingerprint density at radius 1 is 0.841 bits per heavy atom. The number of carbonyl (C=O) groups excluding carboxylic acids is 2. The van der Waals surface area contributed by atoms with Crippen LogP contribution in [0.15, 0.2) is 89.8 Å². The van der Waals surface area contributed by atoms with Gasteiger partial charge in [0.15, 0.2) is 18.1 Å². The van der Waals surface area contributed by atoms with Crippen LogP contribution in [0.5, 0.6) is 17.2 Å². The van der Waals surface area contributed by atoms with Crippen molar-refractivity contribution in [3.8, 4) is 17.2 Å². The lowest BCUT2D eigenvalue weighted by molar-refractivity contribution is -0.118. The molecule has 0 heterocycles. The molecule has 0 aliphatic carbocycles. The van der Waals surface area contributed by atoms with Crippen molar-refractivity contribution < 1.29 is 37.0 Å². The smallest absolute Gasteiger partial charge is 0.340 e. The van der Waals surface area contributed by atoms with Crippen LogP contribution in [0, 0.1) is 6.92 Å². The number of methoxy groups -OCH3 is 3. The minimum absolute atomic E-state index is 0.0594. The van der Waals surface area contributed by atoms with Gasteiger partial charge in [-0.1, -0.05) is 41.4 Å². The number of hydrogen-bond donors (Lipinski definition) is 1. The number of rotatable bonds is 12. The average molecular weight is 639 g/mol. The Balaban J connectivity index is 1.52. The zero-order valence-corrected chi connectivity index (χ0v) is 26.1. The SMILES string of the molecule is COC(=O)c1cc(OC)c(OC)cc1NC(=O)COc1ccc(N(Cc2ccc(Cl)cc2)S(=O)(=O)c2ccc(C)cc2)cc1. The molecule has 0 radical (unpaired) electrons. The maximum Gasteiger partial charge on any atom is 0.340 e. The van der Waals surface area contributed by atoms with E-state index in [0.717, 1.165) is 11.1 Å². The molecule has 0 aromatic heterocycles. The summed E-state index contributed by atoms with van der Waals surface area (Å²) in [6.45, 7) is 1.54. The molecular weight excluding hydrogens is 608 g/mol. The van der Waals surface area contributed by atoms with Gasteiger partial charge >= 0.3 is 5.97 Å². The first-order valence-corrected chi connectivity index (χ1v) is 15.1. The van der Waals surface area contributed by atoms with Crippen molar-refractivity contribution in [2.45, 2.75) is 18.4 Å². The lowest BCUT2D eigenvalue weighted by Gasteiger charge is -2.25. The Kier molecular flexibility index (Phi) is 10.4. The predicted molar refractivity (Wildman–Crippen MR) is 167 cm³/mol. The monoisotopic (exact) mass is 638 g/mol. The number of aryl methyl sites for hydroxylation is 1. The maximum atomic E-state index is 13.7. The normalized spacial score (nSPS) is 10.9. The van der Waals surface area contributed by atoms with Crippen molar-refractivity contribution in [1.29, 1.82) is 0 Å². The summed E-state index contributed by atoms with van der Waals surface area (Å²) in [5.41, 5.74) is 2.29. The molecule has 4 aromatic carbocycles. The third kappa shape index (κ3) is 7.61.